The molecule has 0 fully saturated rings. The summed E-state index contributed by atoms with van der Waals surface area (Å²) in [6.45, 7) is 0.243. The summed E-state index contributed by atoms with van der Waals surface area (Å²) in [5.41, 5.74) is -0.480. The molecule has 1 aliphatic rings. The lowest BCUT2D eigenvalue weighted by Crippen LogP contribution is -2.27. The molecule has 106 valence electrons. The van der Waals surface area contributed by atoms with E-state index in [1.54, 1.807) is 0 Å². The standard InChI is InChI=1S/C12H11F2N3O3/c13-9-5-8(15-12(18)19)6-10(14)11(9)17-3-1-7(16-20)2-4-17/h1,3,5-7,15H,2,4H2,(H,18,19). The van der Waals surface area contributed by atoms with Crippen molar-refractivity contribution in [2.24, 2.45) is 5.18 Å². The number of amides is 1. The highest BCUT2D eigenvalue weighted by molar-refractivity contribution is 5.83. The second kappa shape index (κ2) is 5.64. The molecule has 0 spiro atoms. The molecule has 1 heterocycles. The maximum Gasteiger partial charge on any atom is 0.409 e. The van der Waals surface area contributed by atoms with Crippen molar-refractivity contribution in [2.45, 2.75) is 12.5 Å². The molecule has 6 nitrogen and oxygen atoms in total. The van der Waals surface area contributed by atoms with Crippen molar-refractivity contribution in [3.8, 4) is 0 Å². The largest absolute Gasteiger partial charge is 0.465 e. The monoisotopic (exact) mass is 283 g/mol. The summed E-state index contributed by atoms with van der Waals surface area (Å²) in [5.74, 6) is -1.79. The maximum absolute atomic E-state index is 13.9. The number of benzene rings is 1. The van der Waals surface area contributed by atoms with Crippen LogP contribution in [0.1, 0.15) is 6.42 Å². The van der Waals surface area contributed by atoms with Crippen molar-refractivity contribution in [3.63, 3.8) is 0 Å². The summed E-state index contributed by atoms with van der Waals surface area (Å²) in [7, 11) is 0. The van der Waals surface area contributed by atoms with Crippen LogP contribution in [0.4, 0.5) is 25.0 Å². The smallest absolute Gasteiger partial charge is 0.409 e. The highest BCUT2D eigenvalue weighted by Crippen LogP contribution is 2.29. The Morgan fingerprint density at radius 3 is 2.50 bits per heavy atom. The molecular formula is C12H11F2N3O3. The Bertz CT molecular complexity index is 554. The van der Waals surface area contributed by atoms with Crippen LogP contribution in [0.3, 0.4) is 0 Å². The lowest BCUT2D eigenvalue weighted by molar-refractivity contribution is 0.209. The van der Waals surface area contributed by atoms with E-state index in [2.05, 4.69) is 5.18 Å². The number of anilines is 2. The van der Waals surface area contributed by atoms with Crippen molar-refractivity contribution in [3.05, 3.63) is 41.0 Å². The van der Waals surface area contributed by atoms with Gasteiger partial charge in [-0.3, -0.25) is 5.32 Å². The van der Waals surface area contributed by atoms with Gasteiger partial charge in [-0.05, 0) is 24.6 Å². The van der Waals surface area contributed by atoms with E-state index in [1.165, 1.54) is 17.2 Å². The molecule has 0 saturated heterocycles. The summed E-state index contributed by atoms with van der Waals surface area (Å²) < 4.78 is 27.8. The van der Waals surface area contributed by atoms with Gasteiger partial charge in [-0.25, -0.2) is 13.6 Å². The third kappa shape index (κ3) is 2.90. The first-order valence-electron chi connectivity index (χ1n) is 5.77. The molecule has 1 aromatic carbocycles. The van der Waals surface area contributed by atoms with Gasteiger partial charge in [0.1, 0.15) is 11.7 Å². The van der Waals surface area contributed by atoms with Gasteiger partial charge in [0.2, 0.25) is 0 Å². The molecule has 0 saturated carbocycles. The van der Waals surface area contributed by atoms with Gasteiger partial charge in [-0.2, -0.15) is 4.91 Å². The van der Waals surface area contributed by atoms with E-state index in [4.69, 9.17) is 5.11 Å². The topological polar surface area (TPSA) is 82.0 Å². The van der Waals surface area contributed by atoms with E-state index in [9.17, 15) is 18.5 Å². The zero-order valence-corrected chi connectivity index (χ0v) is 10.2. The maximum atomic E-state index is 13.9. The number of carbonyl (C=O) groups is 1. The van der Waals surface area contributed by atoms with Gasteiger partial charge in [0.15, 0.2) is 11.6 Å². The molecule has 1 aliphatic heterocycles. The molecule has 0 radical (unpaired) electrons. The number of carboxylic acid groups (broad SMARTS) is 1. The molecule has 0 aromatic heterocycles. The Morgan fingerprint density at radius 1 is 1.40 bits per heavy atom. The average molecular weight is 283 g/mol. The predicted molar refractivity (Wildman–Crippen MR) is 68.7 cm³/mol. The molecule has 1 amide bonds. The second-order valence-electron chi connectivity index (χ2n) is 4.21. The molecule has 0 aliphatic carbocycles. The highest BCUT2D eigenvalue weighted by atomic mass is 19.1. The molecule has 0 bridgehead atoms. The average Bonchev–Trinajstić information content (AvgIpc) is 2.38. The van der Waals surface area contributed by atoms with Crippen LogP contribution in [0, 0.1) is 16.5 Å². The quantitative estimate of drug-likeness (QED) is 0.835. The minimum atomic E-state index is -1.41. The zero-order valence-electron chi connectivity index (χ0n) is 10.2. The Kier molecular flexibility index (Phi) is 3.92. The van der Waals surface area contributed by atoms with E-state index in [0.29, 0.717) is 6.42 Å². The highest BCUT2D eigenvalue weighted by Gasteiger charge is 2.21. The van der Waals surface area contributed by atoms with E-state index >= 15 is 0 Å². The van der Waals surface area contributed by atoms with Crippen molar-refractivity contribution in [1.29, 1.82) is 0 Å². The summed E-state index contributed by atoms with van der Waals surface area (Å²) in [5, 5.41) is 13.2. The van der Waals surface area contributed by atoms with Gasteiger partial charge in [-0.15, -0.1) is 0 Å². The van der Waals surface area contributed by atoms with Gasteiger partial charge in [-0.1, -0.05) is 5.18 Å². The minimum absolute atomic E-state index is 0.190. The Morgan fingerprint density at radius 2 is 2.05 bits per heavy atom. The van der Waals surface area contributed by atoms with Crippen molar-refractivity contribution >= 4 is 17.5 Å². The first-order valence-corrected chi connectivity index (χ1v) is 5.77. The van der Waals surface area contributed by atoms with E-state index in [-0.39, 0.29) is 17.9 Å². The van der Waals surface area contributed by atoms with E-state index in [1.807, 2.05) is 5.32 Å². The summed E-state index contributed by atoms with van der Waals surface area (Å²) in [6.07, 6.45) is 1.79. The third-order valence-corrected chi connectivity index (χ3v) is 2.84. The fourth-order valence-electron chi connectivity index (χ4n) is 1.96. The molecule has 20 heavy (non-hydrogen) atoms. The van der Waals surface area contributed by atoms with Gasteiger partial charge < -0.3 is 10.0 Å². The lowest BCUT2D eigenvalue weighted by Gasteiger charge is -2.26. The Balaban J connectivity index is 2.29. The van der Waals surface area contributed by atoms with Gasteiger partial charge in [0, 0.05) is 18.4 Å². The Labute approximate surface area is 112 Å². The van der Waals surface area contributed by atoms with E-state index in [0.717, 1.165) is 12.1 Å². The van der Waals surface area contributed by atoms with Crippen LogP contribution in [0.15, 0.2) is 29.6 Å². The molecule has 8 heteroatoms. The van der Waals surface area contributed by atoms with Crippen molar-refractivity contribution in [1.82, 2.24) is 0 Å². The molecule has 2 N–H and O–H groups in total. The molecule has 1 unspecified atom stereocenters. The summed E-state index contributed by atoms with van der Waals surface area (Å²) in [4.78, 5) is 22.1. The number of nitrogens with one attached hydrogen (secondary N) is 1. The molecular weight excluding hydrogens is 272 g/mol. The first kappa shape index (κ1) is 13.9. The van der Waals surface area contributed by atoms with Crippen molar-refractivity contribution < 1.29 is 18.7 Å². The van der Waals surface area contributed by atoms with Crippen LogP contribution in [0.5, 0.6) is 0 Å². The number of hydrogen-bond donors (Lipinski definition) is 2. The molecule has 1 atom stereocenters. The molecule has 2 rings (SSSR count). The van der Waals surface area contributed by atoms with Crippen LogP contribution >= 0.6 is 0 Å². The number of halogens is 2. The molecule has 1 aromatic rings. The summed E-state index contributed by atoms with van der Waals surface area (Å²) in [6, 6.07) is 1.29. The van der Waals surface area contributed by atoms with Crippen LogP contribution in [0.2, 0.25) is 0 Å². The number of hydrogen-bond acceptors (Lipinski definition) is 4. The number of nitroso groups, excluding NO2 is 1. The van der Waals surface area contributed by atoms with Crippen LogP contribution in [-0.4, -0.2) is 23.8 Å². The zero-order chi connectivity index (χ0) is 14.7. The minimum Gasteiger partial charge on any atom is -0.465 e. The predicted octanol–water partition coefficient (Wildman–Crippen LogP) is 2.91. The van der Waals surface area contributed by atoms with E-state index < -0.39 is 23.8 Å². The first-order chi connectivity index (χ1) is 9.51. The van der Waals surface area contributed by atoms with Crippen LogP contribution in [0.25, 0.3) is 0 Å². The number of rotatable bonds is 3. The van der Waals surface area contributed by atoms with Gasteiger partial charge in [0.25, 0.3) is 0 Å². The van der Waals surface area contributed by atoms with Crippen molar-refractivity contribution in [2.75, 3.05) is 16.8 Å². The van der Waals surface area contributed by atoms with Crippen LogP contribution in [-0.2, 0) is 0 Å². The second-order valence-corrected chi connectivity index (χ2v) is 4.21. The summed E-state index contributed by atoms with van der Waals surface area (Å²) >= 11 is 0. The normalized spacial score (nSPS) is 17.9. The number of nitrogens with zero attached hydrogens (tertiary/aromatic N) is 2. The Hall–Kier alpha value is -2.51. The SMILES string of the molecule is O=NC1C=CN(c2c(F)cc(NC(=O)O)cc2F)CC1. The lowest BCUT2D eigenvalue weighted by atomic mass is 10.1. The van der Waals surface area contributed by atoms with Gasteiger partial charge >= 0.3 is 6.09 Å². The van der Waals surface area contributed by atoms with Gasteiger partial charge in [0.05, 0.1) is 0 Å². The fourth-order valence-corrected chi connectivity index (χ4v) is 1.96. The fraction of sp³-hybridized carbons (Fsp3) is 0.250. The third-order valence-electron chi connectivity index (χ3n) is 2.84. The van der Waals surface area contributed by atoms with Crippen LogP contribution < -0.4 is 10.2 Å².